The van der Waals surface area contributed by atoms with Crippen molar-refractivity contribution in [1.82, 2.24) is 4.98 Å². The number of aryl methyl sites for hydroxylation is 2. The van der Waals surface area contributed by atoms with Gasteiger partial charge in [-0.2, -0.15) is 0 Å². The van der Waals surface area contributed by atoms with Crippen LogP contribution in [0, 0.1) is 19.8 Å². The van der Waals surface area contributed by atoms with Gasteiger partial charge in [-0.05, 0) is 31.5 Å². The van der Waals surface area contributed by atoms with Crippen molar-refractivity contribution < 1.29 is 19.1 Å². The van der Waals surface area contributed by atoms with Gasteiger partial charge < -0.3 is 9.52 Å². The fraction of sp³-hybridized carbons (Fsp3) is 0.286. The topological polar surface area (TPSA) is 83.6 Å². The number of carboxylic acids is 1. The van der Waals surface area contributed by atoms with Crippen LogP contribution < -0.4 is 4.90 Å². The first-order valence-electron chi connectivity index (χ1n) is 9.02. The van der Waals surface area contributed by atoms with Crippen molar-refractivity contribution in [2.24, 2.45) is 5.92 Å². The van der Waals surface area contributed by atoms with Gasteiger partial charge >= 0.3 is 5.97 Å². The highest BCUT2D eigenvalue weighted by molar-refractivity contribution is 7.14. The molecule has 0 saturated carbocycles. The third kappa shape index (κ3) is 4.86. The summed E-state index contributed by atoms with van der Waals surface area (Å²) in [7, 11) is 1.60. The summed E-state index contributed by atoms with van der Waals surface area (Å²) in [6.45, 7) is 3.75. The lowest BCUT2D eigenvalue weighted by Gasteiger charge is -2.20. The molecule has 2 aromatic heterocycles. The van der Waals surface area contributed by atoms with Gasteiger partial charge in [0.25, 0.3) is 0 Å². The van der Waals surface area contributed by atoms with Crippen LogP contribution >= 0.6 is 22.9 Å². The number of carbonyl (C=O) groups is 2. The molecule has 3 rings (SSSR count). The summed E-state index contributed by atoms with van der Waals surface area (Å²) in [6, 6.07) is 9.18. The molecule has 0 aliphatic carbocycles. The smallest absolute Gasteiger partial charge is 0.304 e. The number of anilines is 1. The zero-order valence-corrected chi connectivity index (χ0v) is 17.9. The number of aliphatic carboxylic acids is 1. The Kier molecular flexibility index (Phi) is 6.39. The van der Waals surface area contributed by atoms with Gasteiger partial charge in [-0.25, -0.2) is 4.98 Å². The van der Waals surface area contributed by atoms with E-state index >= 15 is 0 Å². The molecular formula is C21H21ClN2O4S. The monoisotopic (exact) mass is 432 g/mol. The van der Waals surface area contributed by atoms with Crippen molar-refractivity contribution in [2.75, 3.05) is 11.9 Å². The van der Waals surface area contributed by atoms with E-state index in [-0.39, 0.29) is 18.7 Å². The van der Waals surface area contributed by atoms with Gasteiger partial charge in [-0.1, -0.05) is 29.8 Å². The van der Waals surface area contributed by atoms with Gasteiger partial charge in [0.1, 0.15) is 11.5 Å². The van der Waals surface area contributed by atoms with Crippen LogP contribution in [0.1, 0.15) is 23.5 Å². The van der Waals surface area contributed by atoms with Crippen molar-refractivity contribution in [3.05, 3.63) is 57.8 Å². The van der Waals surface area contributed by atoms with E-state index in [2.05, 4.69) is 4.98 Å². The van der Waals surface area contributed by atoms with Gasteiger partial charge in [0.15, 0.2) is 5.13 Å². The van der Waals surface area contributed by atoms with Crippen LogP contribution in [0.25, 0.3) is 11.3 Å². The van der Waals surface area contributed by atoms with E-state index in [4.69, 9.17) is 16.0 Å². The highest BCUT2D eigenvalue weighted by Crippen LogP contribution is 2.32. The standard InChI is InChI=1S/C21H21ClN2O4S/c1-12-8-15(28-13(12)2)9-14(10-19(25)26)20(27)24(3)21-23-18(11-29-21)16-6-4-5-7-17(16)22/h4-8,11,14H,9-10H2,1-3H3,(H,25,26). The second-order valence-corrected chi connectivity index (χ2v) is 8.09. The predicted octanol–water partition coefficient (Wildman–Crippen LogP) is 4.97. The van der Waals surface area contributed by atoms with Crippen molar-refractivity contribution in [2.45, 2.75) is 26.7 Å². The number of carbonyl (C=O) groups excluding carboxylic acids is 1. The molecule has 0 fully saturated rings. The fourth-order valence-electron chi connectivity index (χ4n) is 3.03. The molecule has 3 aromatic rings. The van der Waals surface area contributed by atoms with Crippen molar-refractivity contribution in [1.29, 1.82) is 0 Å². The van der Waals surface area contributed by atoms with E-state index < -0.39 is 11.9 Å². The lowest BCUT2D eigenvalue weighted by molar-refractivity contribution is -0.140. The molecule has 2 heterocycles. The van der Waals surface area contributed by atoms with E-state index in [1.54, 1.807) is 13.1 Å². The number of hydrogen-bond acceptors (Lipinski definition) is 5. The summed E-state index contributed by atoms with van der Waals surface area (Å²) in [5, 5.41) is 12.2. The molecular weight excluding hydrogens is 412 g/mol. The van der Waals surface area contributed by atoms with E-state index in [0.29, 0.717) is 21.6 Å². The van der Waals surface area contributed by atoms with Crippen molar-refractivity contribution in [3.63, 3.8) is 0 Å². The summed E-state index contributed by atoms with van der Waals surface area (Å²) in [5.74, 6) is -0.745. The van der Waals surface area contributed by atoms with Crippen molar-refractivity contribution in [3.8, 4) is 11.3 Å². The van der Waals surface area contributed by atoms with Crippen LogP contribution in [-0.2, 0) is 16.0 Å². The Hall–Kier alpha value is -2.64. The molecule has 1 atom stereocenters. The molecule has 0 spiro atoms. The zero-order chi connectivity index (χ0) is 21.1. The molecule has 0 radical (unpaired) electrons. The third-order valence-corrected chi connectivity index (χ3v) is 5.94. The minimum atomic E-state index is -1.03. The number of hydrogen-bond donors (Lipinski definition) is 1. The minimum absolute atomic E-state index is 0.215. The number of rotatable bonds is 7. The van der Waals surface area contributed by atoms with Crippen LogP contribution in [-0.4, -0.2) is 29.0 Å². The lowest BCUT2D eigenvalue weighted by Crippen LogP contribution is -2.35. The molecule has 0 aliphatic rings. The zero-order valence-electron chi connectivity index (χ0n) is 16.3. The predicted molar refractivity (Wildman–Crippen MR) is 114 cm³/mol. The summed E-state index contributed by atoms with van der Waals surface area (Å²) < 4.78 is 5.65. The van der Waals surface area contributed by atoms with Crippen LogP contribution in [0.3, 0.4) is 0 Å². The summed E-state index contributed by atoms with van der Waals surface area (Å²) in [4.78, 5) is 30.3. The molecule has 0 bridgehead atoms. The average molecular weight is 433 g/mol. The maximum absolute atomic E-state index is 13.0. The Labute approximate surface area is 177 Å². The first kappa shape index (κ1) is 21.1. The summed E-state index contributed by atoms with van der Waals surface area (Å²) in [6.07, 6.45) is -0.0718. The Morgan fingerprint density at radius 1 is 1.31 bits per heavy atom. The molecule has 1 unspecified atom stereocenters. The van der Waals surface area contributed by atoms with Crippen molar-refractivity contribution >= 4 is 39.9 Å². The third-order valence-electron chi connectivity index (χ3n) is 4.69. The van der Waals surface area contributed by atoms with Crippen LogP contribution in [0.2, 0.25) is 5.02 Å². The first-order chi connectivity index (χ1) is 13.8. The first-order valence-corrected chi connectivity index (χ1v) is 10.3. The number of furan rings is 1. The molecule has 1 aromatic carbocycles. The van der Waals surface area contributed by atoms with Gasteiger partial charge in [-0.15, -0.1) is 11.3 Å². The molecule has 8 heteroatoms. The molecule has 29 heavy (non-hydrogen) atoms. The second kappa shape index (κ2) is 8.80. The lowest BCUT2D eigenvalue weighted by atomic mass is 9.98. The maximum atomic E-state index is 13.0. The number of amides is 1. The normalized spacial score (nSPS) is 12.0. The molecule has 6 nitrogen and oxygen atoms in total. The van der Waals surface area contributed by atoms with Crippen LogP contribution in [0.4, 0.5) is 5.13 Å². The molecule has 0 aliphatic heterocycles. The highest BCUT2D eigenvalue weighted by atomic mass is 35.5. The largest absolute Gasteiger partial charge is 0.481 e. The van der Waals surface area contributed by atoms with E-state index in [1.165, 1.54) is 16.2 Å². The van der Waals surface area contributed by atoms with Crippen LogP contribution in [0.15, 0.2) is 40.1 Å². The number of aromatic nitrogens is 1. The average Bonchev–Trinajstić information content (AvgIpc) is 3.27. The van der Waals surface area contributed by atoms with Gasteiger partial charge in [-0.3, -0.25) is 14.5 Å². The summed E-state index contributed by atoms with van der Waals surface area (Å²) >= 11 is 7.53. The molecule has 152 valence electrons. The Morgan fingerprint density at radius 3 is 2.66 bits per heavy atom. The van der Waals surface area contributed by atoms with E-state index in [0.717, 1.165) is 16.9 Å². The number of thiazole rings is 1. The molecule has 0 saturated heterocycles. The number of benzene rings is 1. The van der Waals surface area contributed by atoms with Gasteiger partial charge in [0.05, 0.1) is 18.0 Å². The Morgan fingerprint density at radius 2 is 2.03 bits per heavy atom. The highest BCUT2D eigenvalue weighted by Gasteiger charge is 2.28. The molecule has 1 N–H and O–H groups in total. The second-order valence-electron chi connectivity index (χ2n) is 6.84. The van der Waals surface area contributed by atoms with E-state index in [9.17, 15) is 14.7 Å². The van der Waals surface area contributed by atoms with Crippen LogP contribution in [0.5, 0.6) is 0 Å². The minimum Gasteiger partial charge on any atom is -0.481 e. The van der Waals surface area contributed by atoms with E-state index in [1.807, 2.05) is 43.5 Å². The number of nitrogens with zero attached hydrogens (tertiary/aromatic N) is 2. The Bertz CT molecular complexity index is 1020. The van der Waals surface area contributed by atoms with Gasteiger partial charge in [0, 0.05) is 29.4 Å². The molecule has 1 amide bonds. The Balaban J connectivity index is 1.82. The number of halogens is 1. The SMILES string of the molecule is Cc1cc(CC(CC(=O)O)C(=O)N(C)c2nc(-c3ccccc3Cl)cs2)oc1C. The quantitative estimate of drug-likeness (QED) is 0.569. The summed E-state index contributed by atoms with van der Waals surface area (Å²) in [5.41, 5.74) is 2.42. The van der Waals surface area contributed by atoms with Gasteiger partial charge in [0.2, 0.25) is 5.91 Å². The maximum Gasteiger partial charge on any atom is 0.304 e. The number of carboxylic acid groups (broad SMARTS) is 1. The fourth-order valence-corrected chi connectivity index (χ4v) is 4.06.